The largest absolute Gasteiger partial charge is 0.480 e. The highest BCUT2D eigenvalue weighted by Crippen LogP contribution is 2.21. The topological polar surface area (TPSA) is 49.3 Å². The van der Waals surface area contributed by atoms with Crippen molar-refractivity contribution in [2.45, 2.75) is 32.9 Å². The van der Waals surface area contributed by atoms with E-state index in [1.165, 1.54) is 11.3 Å². The molecule has 0 aliphatic rings. The van der Waals surface area contributed by atoms with Crippen LogP contribution in [-0.2, 0) is 11.3 Å². The highest BCUT2D eigenvalue weighted by atomic mass is 35.5. The van der Waals surface area contributed by atoms with Gasteiger partial charge in [-0.05, 0) is 24.5 Å². The lowest BCUT2D eigenvalue weighted by atomic mass is 10.0. The molecule has 0 bridgehead atoms. The Balaban J connectivity index is 2.46. The summed E-state index contributed by atoms with van der Waals surface area (Å²) in [7, 11) is 0. The number of aliphatic carboxylic acids is 1. The molecule has 0 aliphatic heterocycles. The lowest BCUT2D eigenvalue weighted by Gasteiger charge is -2.15. The van der Waals surface area contributed by atoms with Crippen LogP contribution in [0.1, 0.15) is 25.1 Å². The Morgan fingerprint density at radius 2 is 2.25 bits per heavy atom. The molecular formula is C11H16ClNO2S. The van der Waals surface area contributed by atoms with Gasteiger partial charge in [0.2, 0.25) is 0 Å². The van der Waals surface area contributed by atoms with Crippen molar-refractivity contribution >= 4 is 28.9 Å². The number of nitrogens with one attached hydrogen (secondary N) is 1. The molecule has 1 rings (SSSR count). The first kappa shape index (κ1) is 13.5. The fraction of sp³-hybridized carbons (Fsp3) is 0.545. The van der Waals surface area contributed by atoms with Crippen LogP contribution in [-0.4, -0.2) is 17.1 Å². The first-order valence-electron chi connectivity index (χ1n) is 5.19. The van der Waals surface area contributed by atoms with Crippen LogP contribution in [0.3, 0.4) is 0 Å². The SMILES string of the molecule is CC(C)C[C@@H](NCc1ccc(Cl)s1)C(=O)O. The molecule has 1 aromatic heterocycles. The van der Waals surface area contributed by atoms with E-state index in [-0.39, 0.29) is 0 Å². The van der Waals surface area contributed by atoms with Crippen LogP contribution in [0.25, 0.3) is 0 Å². The van der Waals surface area contributed by atoms with Crippen molar-refractivity contribution < 1.29 is 9.90 Å². The molecular weight excluding hydrogens is 246 g/mol. The van der Waals surface area contributed by atoms with Gasteiger partial charge >= 0.3 is 5.97 Å². The maximum absolute atomic E-state index is 11.0. The normalized spacial score (nSPS) is 13.0. The summed E-state index contributed by atoms with van der Waals surface area (Å²) >= 11 is 7.27. The molecule has 1 aromatic rings. The van der Waals surface area contributed by atoms with Crippen LogP contribution < -0.4 is 5.32 Å². The molecule has 5 heteroatoms. The summed E-state index contributed by atoms with van der Waals surface area (Å²) in [6.45, 7) is 4.58. The second-order valence-corrected chi connectivity index (χ2v) is 5.91. The van der Waals surface area contributed by atoms with Crippen molar-refractivity contribution in [3.8, 4) is 0 Å². The Morgan fingerprint density at radius 1 is 1.56 bits per heavy atom. The summed E-state index contributed by atoms with van der Waals surface area (Å²) in [6.07, 6.45) is 0.633. The number of thiophene rings is 1. The van der Waals surface area contributed by atoms with Gasteiger partial charge in [-0.25, -0.2) is 0 Å². The van der Waals surface area contributed by atoms with E-state index in [9.17, 15) is 4.79 Å². The summed E-state index contributed by atoms with van der Waals surface area (Å²) in [5, 5.41) is 12.1. The van der Waals surface area contributed by atoms with Crippen molar-refractivity contribution in [1.82, 2.24) is 5.32 Å². The molecule has 0 unspecified atom stereocenters. The molecule has 3 nitrogen and oxygen atoms in total. The average Bonchev–Trinajstić information content (AvgIpc) is 2.58. The third-order valence-electron chi connectivity index (χ3n) is 2.16. The van der Waals surface area contributed by atoms with Gasteiger partial charge in [-0.2, -0.15) is 0 Å². The minimum Gasteiger partial charge on any atom is -0.480 e. The highest BCUT2D eigenvalue weighted by molar-refractivity contribution is 7.16. The van der Waals surface area contributed by atoms with Gasteiger partial charge < -0.3 is 5.11 Å². The molecule has 0 aliphatic carbocycles. The molecule has 0 saturated heterocycles. The molecule has 0 fully saturated rings. The Kier molecular flexibility index (Phi) is 5.25. The average molecular weight is 262 g/mol. The van der Waals surface area contributed by atoms with E-state index in [0.29, 0.717) is 18.9 Å². The van der Waals surface area contributed by atoms with Crippen LogP contribution in [0.2, 0.25) is 4.34 Å². The van der Waals surface area contributed by atoms with Gasteiger partial charge in [-0.15, -0.1) is 11.3 Å². The van der Waals surface area contributed by atoms with E-state index in [1.807, 2.05) is 26.0 Å². The Morgan fingerprint density at radius 3 is 2.69 bits per heavy atom. The summed E-state index contributed by atoms with van der Waals surface area (Å²) in [5.74, 6) is -0.433. The standard InChI is InChI=1S/C11H16ClNO2S/c1-7(2)5-9(11(14)15)13-6-8-3-4-10(12)16-8/h3-4,7,9,13H,5-6H2,1-2H3,(H,14,15)/t9-/m1/s1. The molecule has 0 spiro atoms. The molecule has 16 heavy (non-hydrogen) atoms. The van der Waals surface area contributed by atoms with Crippen molar-refractivity contribution in [3.63, 3.8) is 0 Å². The van der Waals surface area contributed by atoms with Crippen molar-refractivity contribution in [2.24, 2.45) is 5.92 Å². The van der Waals surface area contributed by atoms with Crippen LogP contribution in [0, 0.1) is 5.92 Å². The lowest BCUT2D eigenvalue weighted by Crippen LogP contribution is -2.37. The zero-order valence-electron chi connectivity index (χ0n) is 9.37. The van der Waals surface area contributed by atoms with Crippen LogP contribution in [0.5, 0.6) is 0 Å². The van der Waals surface area contributed by atoms with Crippen LogP contribution in [0.15, 0.2) is 12.1 Å². The molecule has 0 aromatic carbocycles. The van der Waals surface area contributed by atoms with E-state index >= 15 is 0 Å². The summed E-state index contributed by atoms with van der Waals surface area (Å²) in [5.41, 5.74) is 0. The van der Waals surface area contributed by atoms with Gasteiger partial charge in [0.1, 0.15) is 6.04 Å². The molecule has 1 atom stereocenters. The van der Waals surface area contributed by atoms with E-state index in [0.717, 1.165) is 9.21 Å². The van der Waals surface area contributed by atoms with Gasteiger partial charge in [0.15, 0.2) is 0 Å². The second-order valence-electron chi connectivity index (χ2n) is 4.11. The maximum Gasteiger partial charge on any atom is 0.320 e. The monoisotopic (exact) mass is 261 g/mol. The summed E-state index contributed by atoms with van der Waals surface area (Å²) in [6, 6.07) is 3.25. The highest BCUT2D eigenvalue weighted by Gasteiger charge is 2.18. The second kappa shape index (κ2) is 6.23. The van der Waals surface area contributed by atoms with Crippen molar-refractivity contribution in [3.05, 3.63) is 21.3 Å². The zero-order valence-corrected chi connectivity index (χ0v) is 10.9. The Labute approximate surface area is 104 Å². The molecule has 90 valence electrons. The smallest absolute Gasteiger partial charge is 0.320 e. The quantitative estimate of drug-likeness (QED) is 0.828. The Bertz CT molecular complexity index is 352. The van der Waals surface area contributed by atoms with Gasteiger partial charge in [0, 0.05) is 11.4 Å². The van der Waals surface area contributed by atoms with E-state index in [2.05, 4.69) is 5.32 Å². The third kappa shape index (κ3) is 4.51. The molecule has 2 N–H and O–H groups in total. The number of carboxylic acids is 1. The summed E-state index contributed by atoms with van der Waals surface area (Å²) in [4.78, 5) is 12.0. The third-order valence-corrected chi connectivity index (χ3v) is 3.39. The number of halogens is 1. The van der Waals surface area contributed by atoms with E-state index in [1.54, 1.807) is 0 Å². The predicted molar refractivity (Wildman–Crippen MR) is 67.0 cm³/mol. The van der Waals surface area contributed by atoms with Gasteiger partial charge in [-0.1, -0.05) is 25.4 Å². The van der Waals surface area contributed by atoms with Crippen molar-refractivity contribution in [2.75, 3.05) is 0 Å². The minimum atomic E-state index is -0.795. The fourth-order valence-corrected chi connectivity index (χ4v) is 2.45. The van der Waals surface area contributed by atoms with Crippen molar-refractivity contribution in [1.29, 1.82) is 0 Å². The van der Waals surface area contributed by atoms with Crippen LogP contribution >= 0.6 is 22.9 Å². The van der Waals surface area contributed by atoms with Gasteiger partial charge in [0.25, 0.3) is 0 Å². The first-order chi connectivity index (χ1) is 7.49. The number of hydrogen-bond acceptors (Lipinski definition) is 3. The first-order valence-corrected chi connectivity index (χ1v) is 6.39. The molecule has 0 radical (unpaired) electrons. The molecule has 1 heterocycles. The summed E-state index contributed by atoms with van der Waals surface area (Å²) < 4.78 is 0.729. The molecule has 0 saturated carbocycles. The Hall–Kier alpha value is -0.580. The maximum atomic E-state index is 11.0. The van der Waals surface area contributed by atoms with E-state index in [4.69, 9.17) is 16.7 Å². The number of hydrogen-bond donors (Lipinski definition) is 2. The van der Waals surface area contributed by atoms with Gasteiger partial charge in [-0.3, -0.25) is 10.1 Å². The lowest BCUT2D eigenvalue weighted by molar-refractivity contribution is -0.139. The zero-order chi connectivity index (χ0) is 12.1. The number of rotatable bonds is 6. The minimum absolute atomic E-state index is 0.362. The van der Waals surface area contributed by atoms with Crippen LogP contribution in [0.4, 0.5) is 0 Å². The predicted octanol–water partition coefficient (Wildman–Crippen LogP) is 2.99. The van der Waals surface area contributed by atoms with Gasteiger partial charge in [0.05, 0.1) is 4.34 Å². The van der Waals surface area contributed by atoms with E-state index < -0.39 is 12.0 Å². The number of carbonyl (C=O) groups is 1. The molecule has 0 amide bonds. The number of carboxylic acid groups (broad SMARTS) is 1. The fourth-order valence-electron chi connectivity index (χ4n) is 1.41.